The zero-order valence-electron chi connectivity index (χ0n) is 17.4. The SMILES string of the molecule is COc1ccc(CCC2CN(CCCc3ccccc3)CCN2)cc1OC.Cl.Cl. The first-order valence-corrected chi connectivity index (χ1v) is 9.99. The minimum absolute atomic E-state index is 0. The van der Waals surface area contributed by atoms with Crippen LogP contribution in [0.1, 0.15) is 24.0 Å². The van der Waals surface area contributed by atoms with Crippen LogP contribution in [0.4, 0.5) is 0 Å². The fourth-order valence-corrected chi connectivity index (χ4v) is 3.82. The van der Waals surface area contributed by atoms with Gasteiger partial charge in [-0.05, 0) is 55.5 Å². The molecule has 6 heteroatoms. The third-order valence-corrected chi connectivity index (χ3v) is 5.35. The number of piperazine rings is 1. The second kappa shape index (κ2) is 13.7. The Hall–Kier alpha value is -1.46. The second-order valence-electron chi connectivity index (χ2n) is 7.27. The Bertz CT molecular complexity index is 701. The van der Waals surface area contributed by atoms with Crippen LogP contribution in [0.2, 0.25) is 0 Å². The van der Waals surface area contributed by atoms with E-state index in [2.05, 4.69) is 52.7 Å². The van der Waals surface area contributed by atoms with Crippen molar-refractivity contribution in [3.63, 3.8) is 0 Å². The highest BCUT2D eigenvalue weighted by molar-refractivity contribution is 5.85. The van der Waals surface area contributed by atoms with Crippen molar-refractivity contribution >= 4 is 24.8 Å². The zero-order chi connectivity index (χ0) is 18.9. The lowest BCUT2D eigenvalue weighted by Crippen LogP contribution is -2.50. The molecule has 0 spiro atoms. The summed E-state index contributed by atoms with van der Waals surface area (Å²) < 4.78 is 10.7. The molecule has 0 bridgehead atoms. The number of hydrogen-bond acceptors (Lipinski definition) is 4. The summed E-state index contributed by atoms with van der Waals surface area (Å²) in [6.45, 7) is 4.56. The van der Waals surface area contributed by atoms with E-state index in [1.165, 1.54) is 30.5 Å². The Kier molecular flexibility index (Phi) is 12.1. The van der Waals surface area contributed by atoms with Crippen molar-refractivity contribution < 1.29 is 9.47 Å². The maximum atomic E-state index is 5.42. The van der Waals surface area contributed by atoms with Gasteiger partial charge in [-0.3, -0.25) is 0 Å². The Morgan fingerprint density at radius 3 is 2.41 bits per heavy atom. The first-order valence-electron chi connectivity index (χ1n) is 9.99. The molecule has 29 heavy (non-hydrogen) atoms. The molecule has 4 nitrogen and oxygen atoms in total. The van der Waals surface area contributed by atoms with Gasteiger partial charge in [0.05, 0.1) is 14.2 Å². The van der Waals surface area contributed by atoms with Crippen molar-refractivity contribution in [1.29, 1.82) is 0 Å². The summed E-state index contributed by atoms with van der Waals surface area (Å²) in [6, 6.07) is 17.6. The van der Waals surface area contributed by atoms with Crippen LogP contribution < -0.4 is 14.8 Å². The van der Waals surface area contributed by atoms with Gasteiger partial charge in [0.1, 0.15) is 0 Å². The molecule has 0 radical (unpaired) electrons. The Labute approximate surface area is 187 Å². The lowest BCUT2D eigenvalue weighted by atomic mass is 10.0. The summed E-state index contributed by atoms with van der Waals surface area (Å²) in [5.74, 6) is 1.61. The van der Waals surface area contributed by atoms with Gasteiger partial charge in [-0.1, -0.05) is 36.4 Å². The first-order chi connectivity index (χ1) is 13.3. The molecule has 2 aromatic carbocycles. The summed E-state index contributed by atoms with van der Waals surface area (Å²) in [5.41, 5.74) is 2.74. The normalized spacial score (nSPS) is 16.4. The van der Waals surface area contributed by atoms with Gasteiger partial charge in [0.2, 0.25) is 0 Å². The van der Waals surface area contributed by atoms with Gasteiger partial charge in [-0.15, -0.1) is 24.8 Å². The third kappa shape index (κ3) is 8.06. The van der Waals surface area contributed by atoms with E-state index in [9.17, 15) is 0 Å². The highest BCUT2D eigenvalue weighted by atomic mass is 35.5. The lowest BCUT2D eigenvalue weighted by Gasteiger charge is -2.34. The maximum Gasteiger partial charge on any atom is 0.160 e. The summed E-state index contributed by atoms with van der Waals surface area (Å²) >= 11 is 0. The minimum atomic E-state index is 0. The molecule has 162 valence electrons. The number of nitrogens with one attached hydrogen (secondary N) is 1. The quantitative estimate of drug-likeness (QED) is 0.626. The summed E-state index contributed by atoms with van der Waals surface area (Å²) in [7, 11) is 3.37. The molecule has 2 aromatic rings. The molecule has 0 saturated carbocycles. The Morgan fingerprint density at radius 1 is 0.931 bits per heavy atom. The number of methoxy groups -OCH3 is 2. The van der Waals surface area contributed by atoms with E-state index in [0.29, 0.717) is 6.04 Å². The van der Waals surface area contributed by atoms with Crippen molar-refractivity contribution in [3.05, 3.63) is 59.7 Å². The van der Waals surface area contributed by atoms with Gasteiger partial charge >= 0.3 is 0 Å². The van der Waals surface area contributed by atoms with Gasteiger partial charge in [0.25, 0.3) is 0 Å². The highest BCUT2D eigenvalue weighted by Gasteiger charge is 2.19. The molecule has 1 N–H and O–H groups in total. The zero-order valence-corrected chi connectivity index (χ0v) is 19.1. The predicted molar refractivity (Wildman–Crippen MR) is 125 cm³/mol. The van der Waals surface area contributed by atoms with E-state index < -0.39 is 0 Å². The second-order valence-corrected chi connectivity index (χ2v) is 7.27. The van der Waals surface area contributed by atoms with Crippen molar-refractivity contribution in [2.45, 2.75) is 31.7 Å². The van der Waals surface area contributed by atoms with E-state index in [0.717, 1.165) is 44.0 Å². The molecule has 1 aliphatic rings. The average molecular weight is 441 g/mol. The van der Waals surface area contributed by atoms with E-state index in [1.54, 1.807) is 14.2 Å². The molecule has 0 amide bonds. The molecule has 3 rings (SSSR count). The van der Waals surface area contributed by atoms with Gasteiger partial charge in [0.15, 0.2) is 11.5 Å². The summed E-state index contributed by atoms with van der Waals surface area (Å²) in [4.78, 5) is 2.61. The molecule has 1 aliphatic heterocycles. The predicted octanol–water partition coefficient (Wildman–Crippen LogP) is 4.39. The fourth-order valence-electron chi connectivity index (χ4n) is 3.82. The molecule has 1 atom stereocenters. The molecule has 1 unspecified atom stereocenters. The van der Waals surface area contributed by atoms with Gasteiger partial charge in [0, 0.05) is 25.7 Å². The van der Waals surface area contributed by atoms with E-state index in [1.807, 2.05) is 6.07 Å². The average Bonchev–Trinajstić information content (AvgIpc) is 2.73. The number of halogens is 2. The largest absolute Gasteiger partial charge is 0.493 e. The van der Waals surface area contributed by atoms with Crippen molar-refractivity contribution in [2.24, 2.45) is 0 Å². The topological polar surface area (TPSA) is 33.7 Å². The molecule has 1 heterocycles. The van der Waals surface area contributed by atoms with E-state index in [-0.39, 0.29) is 24.8 Å². The number of aryl methyl sites for hydroxylation is 2. The third-order valence-electron chi connectivity index (χ3n) is 5.35. The van der Waals surface area contributed by atoms with Crippen molar-refractivity contribution in [2.75, 3.05) is 40.4 Å². The van der Waals surface area contributed by atoms with Crippen LogP contribution in [0.3, 0.4) is 0 Å². The number of ether oxygens (including phenoxy) is 2. The number of nitrogens with zero attached hydrogens (tertiary/aromatic N) is 1. The summed E-state index contributed by atoms with van der Waals surface area (Å²) in [5, 5.41) is 3.68. The number of hydrogen-bond donors (Lipinski definition) is 1. The van der Waals surface area contributed by atoms with Crippen LogP contribution in [0.15, 0.2) is 48.5 Å². The molecule has 1 saturated heterocycles. The van der Waals surface area contributed by atoms with Crippen LogP contribution in [-0.2, 0) is 12.8 Å². The molecule has 0 aromatic heterocycles. The minimum Gasteiger partial charge on any atom is -0.493 e. The van der Waals surface area contributed by atoms with Gasteiger partial charge in [-0.2, -0.15) is 0 Å². The standard InChI is InChI=1S/C23H32N2O2.2ClH/c1-26-22-13-11-20(17-23(22)27-2)10-12-21-18-25(16-14-24-21)15-6-9-19-7-4-3-5-8-19;;/h3-5,7-8,11,13,17,21,24H,6,9-10,12,14-16,18H2,1-2H3;2*1H. The molecule has 1 fully saturated rings. The van der Waals surface area contributed by atoms with Crippen LogP contribution in [0.25, 0.3) is 0 Å². The summed E-state index contributed by atoms with van der Waals surface area (Å²) in [6.07, 6.45) is 4.59. The molecular formula is C23H34Cl2N2O2. The number of rotatable bonds is 9. The highest BCUT2D eigenvalue weighted by Crippen LogP contribution is 2.28. The first kappa shape index (κ1) is 25.6. The van der Waals surface area contributed by atoms with Crippen molar-refractivity contribution in [3.8, 4) is 11.5 Å². The van der Waals surface area contributed by atoms with Crippen LogP contribution >= 0.6 is 24.8 Å². The fraction of sp³-hybridized carbons (Fsp3) is 0.478. The number of benzene rings is 2. The maximum absolute atomic E-state index is 5.42. The van der Waals surface area contributed by atoms with E-state index in [4.69, 9.17) is 9.47 Å². The van der Waals surface area contributed by atoms with E-state index >= 15 is 0 Å². The van der Waals surface area contributed by atoms with Gasteiger partial charge < -0.3 is 19.7 Å². The van der Waals surface area contributed by atoms with Crippen molar-refractivity contribution in [1.82, 2.24) is 10.2 Å². The van der Waals surface area contributed by atoms with Crippen LogP contribution in [0.5, 0.6) is 11.5 Å². The van der Waals surface area contributed by atoms with Crippen LogP contribution in [-0.4, -0.2) is 51.3 Å². The molecular weight excluding hydrogens is 407 g/mol. The van der Waals surface area contributed by atoms with Gasteiger partial charge in [-0.25, -0.2) is 0 Å². The lowest BCUT2D eigenvalue weighted by molar-refractivity contribution is 0.193. The monoisotopic (exact) mass is 440 g/mol. The Morgan fingerprint density at radius 2 is 1.69 bits per heavy atom. The smallest absolute Gasteiger partial charge is 0.160 e. The molecule has 0 aliphatic carbocycles. The van der Waals surface area contributed by atoms with Crippen LogP contribution in [0, 0.1) is 0 Å². The Balaban J connectivity index is 0.00000210.